The van der Waals surface area contributed by atoms with Gasteiger partial charge in [-0.15, -0.1) is 0 Å². The van der Waals surface area contributed by atoms with Gasteiger partial charge in [0.2, 0.25) is 5.91 Å². The lowest BCUT2D eigenvalue weighted by molar-refractivity contribution is -0.117. The molecule has 2 aromatic carbocycles. The summed E-state index contributed by atoms with van der Waals surface area (Å²) in [6.07, 6.45) is 1.88. The van der Waals surface area contributed by atoms with Crippen LogP contribution in [0.2, 0.25) is 0 Å². The van der Waals surface area contributed by atoms with Crippen LogP contribution in [0.5, 0.6) is 5.75 Å². The summed E-state index contributed by atoms with van der Waals surface area (Å²) in [7, 11) is 0. The molecular weight excluding hydrogens is 354 g/mol. The highest BCUT2D eigenvalue weighted by Gasteiger charge is 2.29. The van der Waals surface area contributed by atoms with Crippen molar-refractivity contribution in [2.24, 2.45) is 5.92 Å². The zero-order valence-electron chi connectivity index (χ0n) is 14.7. The molecule has 0 heterocycles. The number of hydrogen-bond donors (Lipinski definition) is 2. The first-order valence-electron chi connectivity index (χ1n) is 8.69. The molecular formula is C20H20F2N2O3. The van der Waals surface area contributed by atoms with Crippen molar-refractivity contribution in [1.82, 2.24) is 5.32 Å². The van der Waals surface area contributed by atoms with Crippen molar-refractivity contribution in [2.45, 2.75) is 32.4 Å². The summed E-state index contributed by atoms with van der Waals surface area (Å²) < 4.78 is 28.9. The fraction of sp³-hybridized carbons (Fsp3) is 0.300. The van der Waals surface area contributed by atoms with Crippen molar-refractivity contribution in [3.05, 3.63) is 59.7 Å². The monoisotopic (exact) mass is 374 g/mol. The quantitative estimate of drug-likeness (QED) is 0.766. The molecule has 0 aliphatic heterocycles. The van der Waals surface area contributed by atoms with Crippen LogP contribution in [0.3, 0.4) is 0 Å². The average Bonchev–Trinajstić information content (AvgIpc) is 3.47. The van der Waals surface area contributed by atoms with Gasteiger partial charge in [0.15, 0.2) is 0 Å². The van der Waals surface area contributed by atoms with Crippen LogP contribution in [0.15, 0.2) is 48.5 Å². The van der Waals surface area contributed by atoms with E-state index in [4.69, 9.17) is 0 Å². The summed E-state index contributed by atoms with van der Waals surface area (Å²) in [5.41, 5.74) is 1.80. The van der Waals surface area contributed by atoms with E-state index in [0.29, 0.717) is 5.69 Å². The fourth-order valence-electron chi connectivity index (χ4n) is 2.62. The Morgan fingerprint density at radius 1 is 1.11 bits per heavy atom. The van der Waals surface area contributed by atoms with Gasteiger partial charge in [0, 0.05) is 17.2 Å². The number of anilines is 1. The van der Waals surface area contributed by atoms with Gasteiger partial charge in [-0.1, -0.05) is 18.2 Å². The summed E-state index contributed by atoms with van der Waals surface area (Å²) >= 11 is 0. The standard InChI is InChI=1S/C20H20F2N2O3/c1-12(13-7-9-16(10-8-13)24-18(25)14-5-6-14)23-19(26)15-3-2-4-17(11-15)27-20(21)22/h2-4,7-12,14,20H,5-6H2,1H3,(H,23,26)(H,24,25). The van der Waals surface area contributed by atoms with Gasteiger partial charge >= 0.3 is 6.61 Å². The Balaban J connectivity index is 1.59. The molecule has 27 heavy (non-hydrogen) atoms. The van der Waals surface area contributed by atoms with Crippen LogP contribution in [-0.2, 0) is 4.79 Å². The zero-order valence-corrected chi connectivity index (χ0v) is 14.7. The number of halogens is 2. The van der Waals surface area contributed by atoms with E-state index in [0.717, 1.165) is 18.4 Å². The van der Waals surface area contributed by atoms with E-state index < -0.39 is 12.5 Å². The summed E-state index contributed by atoms with van der Waals surface area (Å²) in [6.45, 7) is -1.13. The Bertz CT molecular complexity index is 820. The number of amides is 2. The maximum Gasteiger partial charge on any atom is 0.387 e. The molecule has 0 aromatic heterocycles. The topological polar surface area (TPSA) is 67.4 Å². The summed E-state index contributed by atoms with van der Waals surface area (Å²) in [4.78, 5) is 24.1. The van der Waals surface area contributed by atoms with Gasteiger partial charge < -0.3 is 15.4 Å². The molecule has 0 saturated heterocycles. The Morgan fingerprint density at radius 2 is 1.81 bits per heavy atom. The summed E-state index contributed by atoms with van der Waals surface area (Å²) in [5, 5.41) is 5.67. The molecule has 0 radical (unpaired) electrons. The molecule has 0 spiro atoms. The molecule has 1 atom stereocenters. The lowest BCUT2D eigenvalue weighted by atomic mass is 10.1. The number of ether oxygens (including phenoxy) is 1. The number of benzene rings is 2. The number of alkyl halides is 2. The number of carbonyl (C=O) groups is 2. The van der Waals surface area contributed by atoms with Gasteiger partial charge in [-0.25, -0.2) is 0 Å². The summed E-state index contributed by atoms with van der Waals surface area (Å²) in [6, 6.07) is 12.6. The Hall–Kier alpha value is -2.96. The molecule has 2 amide bonds. The van der Waals surface area contributed by atoms with Crippen LogP contribution in [0.25, 0.3) is 0 Å². The van der Waals surface area contributed by atoms with E-state index >= 15 is 0 Å². The lowest BCUT2D eigenvalue weighted by Crippen LogP contribution is -2.26. The highest BCUT2D eigenvalue weighted by atomic mass is 19.3. The van der Waals surface area contributed by atoms with Crippen molar-refractivity contribution in [3.63, 3.8) is 0 Å². The molecule has 2 aromatic rings. The Labute approximate surface area is 155 Å². The molecule has 0 bridgehead atoms. The van der Waals surface area contributed by atoms with Gasteiger partial charge in [-0.3, -0.25) is 9.59 Å². The normalized spacial score (nSPS) is 14.5. The van der Waals surface area contributed by atoms with Crippen LogP contribution in [0, 0.1) is 5.92 Å². The molecule has 1 aliphatic rings. The third kappa shape index (κ3) is 5.26. The largest absolute Gasteiger partial charge is 0.435 e. The van der Waals surface area contributed by atoms with E-state index in [2.05, 4.69) is 15.4 Å². The third-order valence-corrected chi connectivity index (χ3v) is 4.30. The predicted molar refractivity (Wildman–Crippen MR) is 96.8 cm³/mol. The van der Waals surface area contributed by atoms with Crippen molar-refractivity contribution < 1.29 is 23.1 Å². The van der Waals surface area contributed by atoms with Crippen LogP contribution in [0.1, 0.15) is 41.7 Å². The second kappa shape index (κ2) is 8.16. The molecule has 1 fully saturated rings. The van der Waals surface area contributed by atoms with Gasteiger partial charge in [0.05, 0.1) is 6.04 Å². The van der Waals surface area contributed by atoms with Crippen molar-refractivity contribution in [3.8, 4) is 5.75 Å². The average molecular weight is 374 g/mol. The molecule has 1 saturated carbocycles. The van der Waals surface area contributed by atoms with Crippen molar-refractivity contribution >= 4 is 17.5 Å². The second-order valence-electron chi connectivity index (χ2n) is 6.49. The molecule has 2 N–H and O–H groups in total. The molecule has 1 unspecified atom stereocenters. The van der Waals surface area contributed by atoms with Gasteiger partial charge in [-0.2, -0.15) is 8.78 Å². The number of hydrogen-bond acceptors (Lipinski definition) is 3. The third-order valence-electron chi connectivity index (χ3n) is 4.30. The van der Waals surface area contributed by atoms with E-state index in [-0.39, 0.29) is 29.2 Å². The maximum absolute atomic E-state index is 12.3. The second-order valence-corrected chi connectivity index (χ2v) is 6.49. The van der Waals surface area contributed by atoms with E-state index in [1.807, 2.05) is 19.1 Å². The van der Waals surface area contributed by atoms with Crippen LogP contribution < -0.4 is 15.4 Å². The first kappa shape index (κ1) is 18.8. The number of nitrogens with one attached hydrogen (secondary N) is 2. The molecule has 142 valence electrons. The van der Waals surface area contributed by atoms with Crippen LogP contribution >= 0.6 is 0 Å². The minimum absolute atomic E-state index is 0.0370. The van der Waals surface area contributed by atoms with E-state index in [9.17, 15) is 18.4 Å². The maximum atomic E-state index is 12.3. The fourth-order valence-corrected chi connectivity index (χ4v) is 2.62. The van der Waals surface area contributed by atoms with Gasteiger partial charge in [0.1, 0.15) is 5.75 Å². The Kier molecular flexibility index (Phi) is 5.69. The molecule has 5 nitrogen and oxygen atoms in total. The molecule has 1 aliphatic carbocycles. The van der Waals surface area contributed by atoms with Crippen molar-refractivity contribution in [1.29, 1.82) is 0 Å². The number of rotatable bonds is 7. The minimum atomic E-state index is -2.94. The Morgan fingerprint density at radius 3 is 2.44 bits per heavy atom. The SMILES string of the molecule is CC(NC(=O)c1cccc(OC(F)F)c1)c1ccc(NC(=O)C2CC2)cc1. The van der Waals surface area contributed by atoms with Crippen molar-refractivity contribution in [2.75, 3.05) is 5.32 Å². The zero-order chi connectivity index (χ0) is 19.4. The van der Waals surface area contributed by atoms with Crippen LogP contribution in [-0.4, -0.2) is 18.4 Å². The van der Waals surface area contributed by atoms with Gasteiger partial charge in [0.25, 0.3) is 5.91 Å². The predicted octanol–water partition coefficient (Wildman–Crippen LogP) is 4.13. The molecule has 3 rings (SSSR count). The van der Waals surface area contributed by atoms with E-state index in [1.54, 1.807) is 12.1 Å². The lowest BCUT2D eigenvalue weighted by Gasteiger charge is -2.15. The smallest absolute Gasteiger partial charge is 0.387 e. The first-order chi connectivity index (χ1) is 12.9. The molecule has 7 heteroatoms. The minimum Gasteiger partial charge on any atom is -0.435 e. The van der Waals surface area contributed by atoms with Gasteiger partial charge in [-0.05, 0) is 55.7 Å². The highest BCUT2D eigenvalue weighted by Crippen LogP contribution is 2.30. The van der Waals surface area contributed by atoms with E-state index in [1.165, 1.54) is 24.3 Å². The highest BCUT2D eigenvalue weighted by molar-refractivity contribution is 5.95. The first-order valence-corrected chi connectivity index (χ1v) is 8.69. The summed E-state index contributed by atoms with van der Waals surface area (Å²) in [5.74, 6) is -0.294. The van der Waals surface area contributed by atoms with Crippen LogP contribution in [0.4, 0.5) is 14.5 Å². The number of carbonyl (C=O) groups excluding carboxylic acids is 2.